The quantitative estimate of drug-likeness (QED) is 0.290. The van der Waals surface area contributed by atoms with E-state index in [0.717, 1.165) is 84.2 Å². The van der Waals surface area contributed by atoms with E-state index in [1.165, 1.54) is 0 Å². The van der Waals surface area contributed by atoms with Gasteiger partial charge in [-0.1, -0.05) is 26.8 Å². The van der Waals surface area contributed by atoms with E-state index in [1.807, 2.05) is 43.3 Å². The lowest BCUT2D eigenvalue weighted by molar-refractivity contribution is 0.0933. The molecule has 1 aromatic carbocycles. The maximum Gasteiger partial charge on any atom is 0.231 e. The van der Waals surface area contributed by atoms with Crippen molar-refractivity contribution in [3.05, 3.63) is 47.9 Å². The molecule has 0 unspecified atom stereocenters. The molecule has 210 valence electrons. The molecule has 0 saturated heterocycles. The number of aryl methyl sites for hydroxylation is 1. The largest absolute Gasteiger partial charge is 0.454 e. The van der Waals surface area contributed by atoms with Crippen LogP contribution in [-0.2, 0) is 9.84 Å². The van der Waals surface area contributed by atoms with Crippen LogP contribution < -0.4 is 9.47 Å². The fraction of sp³-hybridized carbons (Fsp3) is 0.548. The second kappa shape index (κ2) is 10.7. The number of aliphatic hydroxyl groups is 1. The van der Waals surface area contributed by atoms with Gasteiger partial charge in [0.1, 0.15) is 5.82 Å². The van der Waals surface area contributed by atoms with Gasteiger partial charge in [-0.2, -0.15) is 0 Å². The van der Waals surface area contributed by atoms with E-state index in [1.54, 1.807) is 0 Å². The molecule has 0 bridgehead atoms. The van der Waals surface area contributed by atoms with Crippen molar-refractivity contribution in [1.29, 1.82) is 0 Å². The van der Waals surface area contributed by atoms with Crippen molar-refractivity contribution in [1.82, 2.24) is 15.0 Å². The van der Waals surface area contributed by atoms with E-state index >= 15 is 0 Å². The SMILES string of the molecule is Cc1cccc(-c2[nH]c(C3(CCCO)CCC(O[Si](C)(C)C(C)(C)C)CC3)nc2-c2ccc3c(c2)OCO3)n1. The number of nitrogens with zero attached hydrogens (tertiary/aromatic N) is 2. The number of rotatable bonds is 8. The summed E-state index contributed by atoms with van der Waals surface area (Å²) in [6.07, 6.45) is 5.83. The van der Waals surface area contributed by atoms with E-state index < -0.39 is 8.32 Å². The van der Waals surface area contributed by atoms with Gasteiger partial charge in [-0.3, -0.25) is 4.98 Å². The predicted octanol–water partition coefficient (Wildman–Crippen LogP) is 7.15. The maximum absolute atomic E-state index is 9.80. The second-order valence-corrected chi connectivity index (χ2v) is 17.5. The molecule has 2 aromatic heterocycles. The molecule has 2 aliphatic rings. The highest BCUT2D eigenvalue weighted by molar-refractivity contribution is 6.74. The van der Waals surface area contributed by atoms with Crippen molar-refractivity contribution in [2.45, 2.75) is 95.9 Å². The number of ether oxygens (including phenoxy) is 2. The molecule has 1 saturated carbocycles. The van der Waals surface area contributed by atoms with Gasteiger partial charge in [-0.15, -0.1) is 0 Å². The van der Waals surface area contributed by atoms with Gasteiger partial charge in [-0.05, 0) is 93.9 Å². The van der Waals surface area contributed by atoms with Gasteiger partial charge in [0.05, 0.1) is 17.1 Å². The zero-order chi connectivity index (χ0) is 27.8. The minimum Gasteiger partial charge on any atom is -0.454 e. The fourth-order valence-electron chi connectivity index (χ4n) is 5.62. The Labute approximate surface area is 233 Å². The van der Waals surface area contributed by atoms with Gasteiger partial charge in [0.2, 0.25) is 6.79 Å². The fourth-order valence-corrected chi connectivity index (χ4v) is 7.05. The van der Waals surface area contributed by atoms with Gasteiger partial charge in [0, 0.05) is 29.4 Å². The molecule has 5 rings (SSSR count). The van der Waals surface area contributed by atoms with E-state index in [2.05, 4.69) is 38.8 Å². The first-order chi connectivity index (χ1) is 18.5. The van der Waals surface area contributed by atoms with Crippen LogP contribution >= 0.6 is 0 Å². The molecule has 2 N–H and O–H groups in total. The van der Waals surface area contributed by atoms with Gasteiger partial charge >= 0.3 is 0 Å². The number of aliphatic hydroxyl groups excluding tert-OH is 1. The number of H-pyrrole nitrogens is 1. The zero-order valence-electron chi connectivity index (χ0n) is 24.3. The summed E-state index contributed by atoms with van der Waals surface area (Å²) in [5.41, 5.74) is 4.42. The summed E-state index contributed by atoms with van der Waals surface area (Å²) < 4.78 is 18.1. The lowest BCUT2D eigenvalue weighted by atomic mass is 9.70. The summed E-state index contributed by atoms with van der Waals surface area (Å²) in [5.74, 6) is 2.47. The lowest BCUT2D eigenvalue weighted by Gasteiger charge is -2.44. The van der Waals surface area contributed by atoms with E-state index in [9.17, 15) is 5.11 Å². The van der Waals surface area contributed by atoms with Crippen molar-refractivity contribution < 1.29 is 19.0 Å². The van der Waals surface area contributed by atoms with Crippen LogP contribution in [0.3, 0.4) is 0 Å². The Hall–Kier alpha value is -2.68. The second-order valence-electron chi connectivity index (χ2n) is 12.7. The number of hydrogen-bond acceptors (Lipinski definition) is 6. The monoisotopic (exact) mass is 549 g/mol. The van der Waals surface area contributed by atoms with Crippen molar-refractivity contribution in [2.24, 2.45) is 0 Å². The van der Waals surface area contributed by atoms with Crippen LogP contribution in [0.25, 0.3) is 22.6 Å². The van der Waals surface area contributed by atoms with Crippen LogP contribution in [-0.4, -0.2) is 47.9 Å². The van der Waals surface area contributed by atoms with Gasteiger partial charge in [-0.25, -0.2) is 4.98 Å². The maximum atomic E-state index is 9.80. The minimum absolute atomic E-state index is 0.150. The molecule has 0 atom stereocenters. The van der Waals surface area contributed by atoms with Gasteiger partial charge in [0.15, 0.2) is 19.8 Å². The highest BCUT2D eigenvalue weighted by Gasteiger charge is 2.44. The first-order valence-electron chi connectivity index (χ1n) is 14.2. The number of benzene rings is 1. The molecule has 8 heteroatoms. The molecule has 0 radical (unpaired) electrons. The lowest BCUT2D eigenvalue weighted by Crippen LogP contribution is -2.46. The van der Waals surface area contributed by atoms with Crippen LogP contribution in [0.2, 0.25) is 18.1 Å². The molecule has 0 amide bonds. The Morgan fingerprint density at radius 3 is 2.51 bits per heavy atom. The van der Waals surface area contributed by atoms with Crippen LogP contribution in [0.5, 0.6) is 11.5 Å². The number of aromatic nitrogens is 3. The van der Waals surface area contributed by atoms with Crippen LogP contribution in [0, 0.1) is 6.92 Å². The van der Waals surface area contributed by atoms with E-state index in [-0.39, 0.29) is 30.0 Å². The summed E-state index contributed by atoms with van der Waals surface area (Å²) in [4.78, 5) is 13.9. The molecular formula is C31H43N3O4Si. The number of imidazole rings is 1. The third-order valence-electron chi connectivity index (χ3n) is 8.97. The Balaban J connectivity index is 1.51. The average molecular weight is 550 g/mol. The Kier molecular flexibility index (Phi) is 7.65. The smallest absolute Gasteiger partial charge is 0.231 e. The summed E-state index contributed by atoms with van der Waals surface area (Å²) in [7, 11) is -1.84. The number of fused-ring (bicyclic) bond motifs is 1. The van der Waals surface area contributed by atoms with Gasteiger partial charge in [0.25, 0.3) is 0 Å². The summed E-state index contributed by atoms with van der Waals surface area (Å²) in [6, 6.07) is 12.1. The predicted molar refractivity (Wildman–Crippen MR) is 157 cm³/mol. The van der Waals surface area contributed by atoms with Gasteiger partial charge < -0.3 is 24.0 Å². The highest BCUT2D eigenvalue weighted by atomic mass is 28.4. The molecule has 3 aromatic rings. The summed E-state index contributed by atoms with van der Waals surface area (Å²) in [5, 5.41) is 9.99. The van der Waals surface area contributed by atoms with Crippen molar-refractivity contribution in [2.75, 3.05) is 13.4 Å². The molecular weight excluding hydrogens is 506 g/mol. The Morgan fingerprint density at radius 2 is 1.82 bits per heavy atom. The normalized spacial score (nSPS) is 21.4. The Morgan fingerprint density at radius 1 is 1.08 bits per heavy atom. The Bertz CT molecular complexity index is 1310. The number of hydrogen-bond donors (Lipinski definition) is 2. The topological polar surface area (TPSA) is 89.5 Å². The van der Waals surface area contributed by atoms with Crippen LogP contribution in [0.15, 0.2) is 36.4 Å². The summed E-state index contributed by atoms with van der Waals surface area (Å²) >= 11 is 0. The van der Waals surface area contributed by atoms with E-state index in [0.29, 0.717) is 0 Å². The first kappa shape index (κ1) is 27.9. The number of pyridine rings is 1. The van der Waals surface area contributed by atoms with Crippen molar-refractivity contribution in [3.63, 3.8) is 0 Å². The molecule has 3 heterocycles. The molecule has 39 heavy (non-hydrogen) atoms. The van der Waals surface area contributed by atoms with E-state index in [4.69, 9.17) is 23.9 Å². The van der Waals surface area contributed by atoms with Crippen LogP contribution in [0.1, 0.15) is 70.8 Å². The average Bonchev–Trinajstić information content (AvgIpc) is 3.55. The minimum atomic E-state index is -1.84. The van der Waals surface area contributed by atoms with Crippen molar-refractivity contribution in [3.8, 4) is 34.1 Å². The number of nitrogens with one attached hydrogen (secondary N) is 1. The molecule has 1 aliphatic carbocycles. The zero-order valence-corrected chi connectivity index (χ0v) is 25.3. The summed E-state index contributed by atoms with van der Waals surface area (Å²) in [6.45, 7) is 14.0. The third kappa shape index (κ3) is 5.65. The molecule has 7 nitrogen and oxygen atoms in total. The van der Waals surface area contributed by atoms with Crippen LogP contribution in [0.4, 0.5) is 0 Å². The highest BCUT2D eigenvalue weighted by Crippen LogP contribution is 2.47. The first-order valence-corrected chi connectivity index (χ1v) is 17.2. The third-order valence-corrected chi connectivity index (χ3v) is 13.5. The molecule has 0 spiro atoms. The standard InChI is InChI=1S/C31H43N3O4Si/c1-21-9-7-10-24(32-21)28-27(22-11-12-25-26(19-22)37-20-36-25)33-29(34-28)31(15-8-18-35)16-13-23(14-17-31)38-39(5,6)30(2,3)4/h7,9-12,19,23,35H,8,13-18,20H2,1-6H3,(H,33,34). The molecule has 1 fully saturated rings. The number of aromatic amines is 1. The van der Waals surface area contributed by atoms with Crippen molar-refractivity contribution >= 4 is 8.32 Å². The molecule has 1 aliphatic heterocycles.